The van der Waals surface area contributed by atoms with Crippen molar-refractivity contribution in [2.75, 3.05) is 31.1 Å². The van der Waals surface area contributed by atoms with Crippen LogP contribution in [0.3, 0.4) is 0 Å². The summed E-state index contributed by atoms with van der Waals surface area (Å²) in [6, 6.07) is 6.92. The molecule has 1 heterocycles. The number of anilines is 1. The van der Waals surface area contributed by atoms with Gasteiger partial charge in [-0.25, -0.2) is 0 Å². The minimum absolute atomic E-state index is 0.303. The van der Waals surface area contributed by atoms with Gasteiger partial charge >= 0.3 is 0 Å². The van der Waals surface area contributed by atoms with Crippen molar-refractivity contribution in [1.29, 1.82) is 0 Å². The lowest BCUT2D eigenvalue weighted by atomic mass is 10.0. The van der Waals surface area contributed by atoms with Crippen LogP contribution in [-0.4, -0.2) is 31.3 Å². The van der Waals surface area contributed by atoms with Crippen LogP contribution in [0, 0.1) is 5.92 Å². The number of halogens is 1. The third-order valence-corrected chi connectivity index (χ3v) is 4.63. The topological polar surface area (TPSA) is 35.5 Å². The molecule has 0 saturated carbocycles. The van der Waals surface area contributed by atoms with E-state index in [1.54, 1.807) is 0 Å². The molecule has 1 saturated heterocycles. The molecule has 20 heavy (non-hydrogen) atoms. The average Bonchev–Trinajstić information content (AvgIpc) is 2.88. The van der Waals surface area contributed by atoms with Gasteiger partial charge in [0, 0.05) is 35.9 Å². The Kier molecular flexibility index (Phi) is 5.87. The van der Waals surface area contributed by atoms with Gasteiger partial charge in [-0.05, 0) is 49.9 Å². The standard InChI is InChI=1S/C16H25BrN2O/c1-3-18-12(2)15-5-4-14(17)10-16(15)19-8-6-13(11-19)7-9-20/h4-5,10,12-13,18,20H,3,6-9,11H2,1-2H3. The molecule has 2 N–H and O–H groups in total. The van der Waals surface area contributed by atoms with Crippen molar-refractivity contribution in [2.45, 2.75) is 32.7 Å². The molecule has 3 nitrogen and oxygen atoms in total. The molecule has 2 unspecified atom stereocenters. The van der Waals surface area contributed by atoms with E-state index in [-0.39, 0.29) is 0 Å². The van der Waals surface area contributed by atoms with Crippen LogP contribution >= 0.6 is 15.9 Å². The lowest BCUT2D eigenvalue weighted by Crippen LogP contribution is -2.25. The maximum Gasteiger partial charge on any atom is 0.0434 e. The van der Waals surface area contributed by atoms with Crippen molar-refractivity contribution >= 4 is 21.6 Å². The Morgan fingerprint density at radius 2 is 2.30 bits per heavy atom. The predicted octanol–water partition coefficient (Wildman–Crippen LogP) is 3.33. The Balaban J connectivity index is 2.19. The van der Waals surface area contributed by atoms with Crippen LogP contribution in [0.15, 0.2) is 22.7 Å². The van der Waals surface area contributed by atoms with E-state index in [9.17, 15) is 0 Å². The molecule has 0 spiro atoms. The van der Waals surface area contributed by atoms with Crippen molar-refractivity contribution < 1.29 is 5.11 Å². The highest BCUT2D eigenvalue weighted by Gasteiger charge is 2.25. The van der Waals surface area contributed by atoms with Crippen molar-refractivity contribution in [2.24, 2.45) is 5.92 Å². The lowest BCUT2D eigenvalue weighted by molar-refractivity contribution is 0.263. The normalized spacial score (nSPS) is 20.4. The fourth-order valence-electron chi connectivity index (χ4n) is 3.04. The molecule has 1 aliphatic rings. The second kappa shape index (κ2) is 7.43. The van der Waals surface area contributed by atoms with E-state index in [4.69, 9.17) is 5.11 Å². The fraction of sp³-hybridized carbons (Fsp3) is 0.625. The first-order chi connectivity index (χ1) is 9.65. The average molecular weight is 341 g/mol. The monoisotopic (exact) mass is 340 g/mol. The molecule has 0 radical (unpaired) electrons. The first-order valence-corrected chi connectivity index (χ1v) is 8.33. The third kappa shape index (κ3) is 3.74. The number of hydrogen-bond donors (Lipinski definition) is 2. The summed E-state index contributed by atoms with van der Waals surface area (Å²) in [5.41, 5.74) is 2.69. The number of hydrogen-bond acceptors (Lipinski definition) is 3. The van der Waals surface area contributed by atoms with Crippen molar-refractivity contribution in [3.05, 3.63) is 28.2 Å². The molecular formula is C16H25BrN2O. The SMILES string of the molecule is CCNC(C)c1ccc(Br)cc1N1CCC(CCO)C1. The van der Waals surface area contributed by atoms with Gasteiger partial charge in [0.25, 0.3) is 0 Å². The Labute approximate surface area is 130 Å². The molecule has 1 aromatic rings. The Hall–Kier alpha value is -0.580. The van der Waals surface area contributed by atoms with Gasteiger partial charge in [-0.15, -0.1) is 0 Å². The van der Waals surface area contributed by atoms with Crippen LogP contribution in [0.25, 0.3) is 0 Å². The fourth-order valence-corrected chi connectivity index (χ4v) is 3.39. The summed E-state index contributed by atoms with van der Waals surface area (Å²) in [6.45, 7) is 7.79. The predicted molar refractivity (Wildman–Crippen MR) is 88.3 cm³/mol. The highest BCUT2D eigenvalue weighted by atomic mass is 79.9. The van der Waals surface area contributed by atoms with Crippen LogP contribution in [0.5, 0.6) is 0 Å². The molecule has 0 aromatic heterocycles. The summed E-state index contributed by atoms with van der Waals surface area (Å²) in [4.78, 5) is 2.47. The number of benzene rings is 1. The quantitative estimate of drug-likeness (QED) is 0.833. The largest absolute Gasteiger partial charge is 0.396 e. The van der Waals surface area contributed by atoms with E-state index < -0.39 is 0 Å². The Bertz CT molecular complexity index is 438. The number of nitrogens with zero attached hydrogens (tertiary/aromatic N) is 1. The molecule has 0 bridgehead atoms. The second-order valence-corrected chi connectivity index (χ2v) is 6.51. The molecule has 2 atom stereocenters. The zero-order chi connectivity index (χ0) is 14.5. The van der Waals surface area contributed by atoms with Gasteiger partial charge in [0.15, 0.2) is 0 Å². The number of nitrogens with one attached hydrogen (secondary N) is 1. The lowest BCUT2D eigenvalue weighted by Gasteiger charge is -2.25. The molecular weight excluding hydrogens is 316 g/mol. The third-order valence-electron chi connectivity index (χ3n) is 4.13. The maximum atomic E-state index is 9.10. The number of rotatable bonds is 6. The summed E-state index contributed by atoms with van der Waals surface area (Å²) in [5, 5.41) is 12.6. The van der Waals surface area contributed by atoms with E-state index in [1.807, 2.05) is 0 Å². The van der Waals surface area contributed by atoms with Gasteiger partial charge in [-0.3, -0.25) is 0 Å². The Morgan fingerprint density at radius 3 is 3.00 bits per heavy atom. The first-order valence-electron chi connectivity index (χ1n) is 7.54. The summed E-state index contributed by atoms with van der Waals surface area (Å²) in [5.74, 6) is 0.626. The van der Waals surface area contributed by atoms with Crippen LogP contribution in [0.2, 0.25) is 0 Å². The van der Waals surface area contributed by atoms with Gasteiger partial charge in [0.2, 0.25) is 0 Å². The first kappa shape index (κ1) is 15.8. The van der Waals surface area contributed by atoms with Crippen LogP contribution in [0.1, 0.15) is 38.3 Å². The zero-order valence-electron chi connectivity index (χ0n) is 12.4. The molecule has 112 valence electrons. The minimum atomic E-state index is 0.303. The highest BCUT2D eigenvalue weighted by molar-refractivity contribution is 9.10. The molecule has 2 rings (SSSR count). The summed E-state index contributed by atoms with van der Waals surface area (Å²) >= 11 is 3.59. The van der Waals surface area contributed by atoms with Crippen LogP contribution in [0.4, 0.5) is 5.69 Å². The van der Waals surface area contributed by atoms with Gasteiger partial charge in [-0.1, -0.05) is 28.9 Å². The molecule has 4 heteroatoms. The van der Waals surface area contributed by atoms with E-state index in [0.717, 1.165) is 30.5 Å². The van der Waals surface area contributed by atoms with Gasteiger partial charge in [0.1, 0.15) is 0 Å². The molecule has 1 aliphatic heterocycles. The summed E-state index contributed by atoms with van der Waals surface area (Å²) in [6.07, 6.45) is 2.10. The van der Waals surface area contributed by atoms with E-state index in [1.165, 1.54) is 17.7 Å². The van der Waals surface area contributed by atoms with Crippen molar-refractivity contribution in [3.8, 4) is 0 Å². The zero-order valence-corrected chi connectivity index (χ0v) is 14.0. The second-order valence-electron chi connectivity index (χ2n) is 5.60. The Morgan fingerprint density at radius 1 is 1.50 bits per heavy atom. The van der Waals surface area contributed by atoms with Gasteiger partial charge < -0.3 is 15.3 Å². The van der Waals surface area contributed by atoms with Crippen molar-refractivity contribution in [3.63, 3.8) is 0 Å². The van der Waals surface area contributed by atoms with E-state index >= 15 is 0 Å². The van der Waals surface area contributed by atoms with Gasteiger partial charge in [0.05, 0.1) is 0 Å². The minimum Gasteiger partial charge on any atom is -0.396 e. The smallest absolute Gasteiger partial charge is 0.0434 e. The maximum absolute atomic E-state index is 9.10. The highest BCUT2D eigenvalue weighted by Crippen LogP contribution is 2.33. The van der Waals surface area contributed by atoms with E-state index in [0.29, 0.717) is 18.6 Å². The van der Waals surface area contributed by atoms with Crippen LogP contribution < -0.4 is 10.2 Å². The molecule has 0 aliphatic carbocycles. The molecule has 1 fully saturated rings. The molecule has 0 amide bonds. The molecule has 1 aromatic carbocycles. The number of aliphatic hydroxyl groups excluding tert-OH is 1. The van der Waals surface area contributed by atoms with Crippen LogP contribution in [-0.2, 0) is 0 Å². The summed E-state index contributed by atoms with van der Waals surface area (Å²) < 4.78 is 1.13. The van der Waals surface area contributed by atoms with Crippen molar-refractivity contribution in [1.82, 2.24) is 5.32 Å². The van der Waals surface area contributed by atoms with Gasteiger partial charge in [-0.2, -0.15) is 0 Å². The summed E-state index contributed by atoms with van der Waals surface area (Å²) in [7, 11) is 0. The number of aliphatic hydroxyl groups is 1. The van der Waals surface area contributed by atoms with E-state index in [2.05, 4.69) is 58.2 Å².